The lowest BCUT2D eigenvalue weighted by atomic mass is 10.2. The summed E-state index contributed by atoms with van der Waals surface area (Å²) in [5, 5.41) is 9.01. The lowest BCUT2D eigenvalue weighted by Gasteiger charge is -2.08. The van der Waals surface area contributed by atoms with Crippen LogP contribution in [0.3, 0.4) is 0 Å². The van der Waals surface area contributed by atoms with Crippen LogP contribution in [-0.4, -0.2) is 28.1 Å². The molecule has 31 heavy (non-hydrogen) atoms. The number of carbonyl (C=O) groups is 2. The van der Waals surface area contributed by atoms with Crippen LogP contribution >= 0.6 is 0 Å². The molecule has 0 saturated carbocycles. The molecule has 0 saturated heterocycles. The number of halogens is 3. The molecule has 0 spiro atoms. The maximum absolute atomic E-state index is 13.7. The number of rotatable bonds is 5. The van der Waals surface area contributed by atoms with Crippen molar-refractivity contribution in [3.8, 4) is 5.69 Å². The Balaban J connectivity index is 1.47. The van der Waals surface area contributed by atoms with Gasteiger partial charge in [-0.3, -0.25) is 9.59 Å². The zero-order chi connectivity index (χ0) is 22.1. The van der Waals surface area contributed by atoms with Gasteiger partial charge in [-0.25, -0.2) is 17.9 Å². The van der Waals surface area contributed by atoms with Crippen LogP contribution in [0.15, 0.2) is 36.4 Å². The number of fused-ring (bicyclic) bond motifs is 1. The summed E-state index contributed by atoms with van der Waals surface area (Å²) in [5.74, 6) is -5.87. The molecule has 2 aromatic carbocycles. The first-order valence-electron chi connectivity index (χ1n) is 9.74. The standard InChI is InChI=1S/C22H19F3N4O2/c1-12-5-7-13(8-6-12)29-17-4-2-3-14(17)21(28-29)22(31)26-11-18(30)27-16-10-9-15(23)19(24)20(16)25/h5-10H,2-4,11H2,1H3,(H,26,31)(H,27,30). The Hall–Kier alpha value is -3.62. The number of amides is 2. The first kappa shape index (κ1) is 20.6. The van der Waals surface area contributed by atoms with Gasteiger partial charge in [0.15, 0.2) is 23.1 Å². The second kappa shape index (κ2) is 8.25. The lowest BCUT2D eigenvalue weighted by molar-refractivity contribution is -0.115. The van der Waals surface area contributed by atoms with E-state index in [4.69, 9.17) is 0 Å². The highest BCUT2D eigenvalue weighted by molar-refractivity contribution is 5.99. The minimum atomic E-state index is -1.68. The lowest BCUT2D eigenvalue weighted by Crippen LogP contribution is -2.33. The predicted molar refractivity (Wildman–Crippen MR) is 108 cm³/mol. The van der Waals surface area contributed by atoms with Crippen molar-refractivity contribution in [2.45, 2.75) is 26.2 Å². The fraction of sp³-hybridized carbons (Fsp3) is 0.227. The van der Waals surface area contributed by atoms with Crippen LogP contribution < -0.4 is 10.6 Å². The molecule has 4 rings (SSSR count). The third-order valence-corrected chi connectivity index (χ3v) is 5.14. The number of aromatic nitrogens is 2. The molecule has 0 fully saturated rings. The first-order valence-corrected chi connectivity index (χ1v) is 9.74. The number of hydrogen-bond donors (Lipinski definition) is 2. The first-order chi connectivity index (χ1) is 14.8. The number of benzene rings is 2. The maximum Gasteiger partial charge on any atom is 0.272 e. The van der Waals surface area contributed by atoms with E-state index in [0.717, 1.165) is 41.4 Å². The molecule has 1 aromatic heterocycles. The molecule has 0 atom stereocenters. The van der Waals surface area contributed by atoms with Crippen LogP contribution in [-0.2, 0) is 17.6 Å². The second-order valence-corrected chi connectivity index (χ2v) is 7.33. The molecule has 1 heterocycles. The van der Waals surface area contributed by atoms with E-state index in [2.05, 4.69) is 15.7 Å². The van der Waals surface area contributed by atoms with Crippen molar-refractivity contribution in [2.75, 3.05) is 11.9 Å². The number of hydrogen-bond acceptors (Lipinski definition) is 3. The topological polar surface area (TPSA) is 76.0 Å². The van der Waals surface area contributed by atoms with Gasteiger partial charge >= 0.3 is 0 Å². The Labute approximate surface area is 176 Å². The number of carbonyl (C=O) groups excluding carboxylic acids is 2. The smallest absolute Gasteiger partial charge is 0.272 e. The van der Waals surface area contributed by atoms with E-state index >= 15 is 0 Å². The van der Waals surface area contributed by atoms with Gasteiger partial charge in [0.2, 0.25) is 5.91 Å². The molecule has 2 N–H and O–H groups in total. The average molecular weight is 428 g/mol. The highest BCUT2D eigenvalue weighted by Crippen LogP contribution is 2.28. The normalized spacial score (nSPS) is 12.5. The molecular formula is C22H19F3N4O2. The quantitative estimate of drug-likeness (QED) is 0.612. The van der Waals surface area contributed by atoms with Crippen molar-refractivity contribution in [2.24, 2.45) is 0 Å². The fourth-order valence-electron chi connectivity index (χ4n) is 3.58. The molecule has 0 aliphatic heterocycles. The highest BCUT2D eigenvalue weighted by atomic mass is 19.2. The summed E-state index contributed by atoms with van der Waals surface area (Å²) in [6, 6.07) is 9.37. The monoisotopic (exact) mass is 428 g/mol. The molecule has 0 unspecified atom stereocenters. The fourth-order valence-corrected chi connectivity index (χ4v) is 3.58. The van der Waals surface area contributed by atoms with Gasteiger partial charge in [0, 0.05) is 11.3 Å². The highest BCUT2D eigenvalue weighted by Gasteiger charge is 2.27. The molecule has 6 nitrogen and oxygen atoms in total. The molecular weight excluding hydrogens is 409 g/mol. The number of nitrogens with zero attached hydrogens (tertiary/aromatic N) is 2. The summed E-state index contributed by atoms with van der Waals surface area (Å²) in [4.78, 5) is 24.7. The Morgan fingerprint density at radius 1 is 1.03 bits per heavy atom. The minimum Gasteiger partial charge on any atom is -0.342 e. The molecule has 0 bridgehead atoms. The van der Waals surface area contributed by atoms with E-state index in [9.17, 15) is 22.8 Å². The minimum absolute atomic E-state index is 0.236. The summed E-state index contributed by atoms with van der Waals surface area (Å²) in [7, 11) is 0. The molecule has 2 amide bonds. The zero-order valence-electron chi connectivity index (χ0n) is 16.6. The van der Waals surface area contributed by atoms with E-state index in [0.29, 0.717) is 12.5 Å². The van der Waals surface area contributed by atoms with Crippen LogP contribution in [0.2, 0.25) is 0 Å². The molecule has 1 aliphatic rings. The summed E-state index contributed by atoms with van der Waals surface area (Å²) < 4.78 is 41.7. The predicted octanol–water partition coefficient (Wildman–Crippen LogP) is 3.46. The number of nitrogens with one attached hydrogen (secondary N) is 2. The Bertz CT molecular complexity index is 1170. The number of aryl methyl sites for hydroxylation is 1. The van der Waals surface area contributed by atoms with Crippen molar-refractivity contribution in [3.63, 3.8) is 0 Å². The third kappa shape index (κ3) is 4.03. The van der Waals surface area contributed by atoms with Gasteiger partial charge in [-0.1, -0.05) is 17.7 Å². The van der Waals surface area contributed by atoms with Gasteiger partial charge in [-0.05, 0) is 50.5 Å². The van der Waals surface area contributed by atoms with E-state index in [1.807, 2.05) is 31.2 Å². The molecule has 1 aliphatic carbocycles. The van der Waals surface area contributed by atoms with Crippen LogP contribution in [0, 0.1) is 24.4 Å². The third-order valence-electron chi connectivity index (χ3n) is 5.14. The maximum atomic E-state index is 13.7. The zero-order valence-corrected chi connectivity index (χ0v) is 16.6. The second-order valence-electron chi connectivity index (χ2n) is 7.33. The van der Waals surface area contributed by atoms with Crippen LogP contribution in [0.5, 0.6) is 0 Å². The van der Waals surface area contributed by atoms with Gasteiger partial charge in [0.05, 0.1) is 17.9 Å². The summed E-state index contributed by atoms with van der Waals surface area (Å²) in [6.07, 6.45) is 2.39. The van der Waals surface area contributed by atoms with Crippen LogP contribution in [0.1, 0.15) is 33.7 Å². The van der Waals surface area contributed by atoms with E-state index in [1.165, 1.54) is 0 Å². The summed E-state index contributed by atoms with van der Waals surface area (Å²) >= 11 is 0. The summed E-state index contributed by atoms with van der Waals surface area (Å²) in [5.41, 5.74) is 3.47. The Kier molecular flexibility index (Phi) is 5.50. The largest absolute Gasteiger partial charge is 0.342 e. The van der Waals surface area contributed by atoms with Crippen molar-refractivity contribution in [1.29, 1.82) is 0 Å². The van der Waals surface area contributed by atoms with Gasteiger partial charge in [0.1, 0.15) is 0 Å². The van der Waals surface area contributed by atoms with Gasteiger partial charge < -0.3 is 10.6 Å². The summed E-state index contributed by atoms with van der Waals surface area (Å²) in [6.45, 7) is 1.50. The Morgan fingerprint density at radius 2 is 1.77 bits per heavy atom. The molecule has 9 heteroatoms. The average Bonchev–Trinajstić information content (AvgIpc) is 3.36. The van der Waals surface area contributed by atoms with Crippen molar-refractivity contribution in [1.82, 2.24) is 15.1 Å². The van der Waals surface area contributed by atoms with Gasteiger partial charge in [0.25, 0.3) is 5.91 Å². The van der Waals surface area contributed by atoms with E-state index in [1.54, 1.807) is 4.68 Å². The SMILES string of the molecule is Cc1ccc(-n2nc(C(=O)NCC(=O)Nc3ccc(F)c(F)c3F)c3c2CCC3)cc1. The molecule has 3 aromatic rings. The van der Waals surface area contributed by atoms with Crippen molar-refractivity contribution < 1.29 is 22.8 Å². The van der Waals surface area contributed by atoms with Gasteiger partial charge in [-0.2, -0.15) is 5.10 Å². The van der Waals surface area contributed by atoms with Gasteiger partial charge in [-0.15, -0.1) is 0 Å². The van der Waals surface area contributed by atoms with Crippen molar-refractivity contribution in [3.05, 3.63) is 76.4 Å². The van der Waals surface area contributed by atoms with Crippen LogP contribution in [0.4, 0.5) is 18.9 Å². The molecule has 160 valence electrons. The molecule has 0 radical (unpaired) electrons. The van der Waals surface area contributed by atoms with E-state index < -0.39 is 41.5 Å². The van der Waals surface area contributed by atoms with Crippen LogP contribution in [0.25, 0.3) is 5.69 Å². The van der Waals surface area contributed by atoms with E-state index in [-0.39, 0.29) is 5.69 Å². The van der Waals surface area contributed by atoms with Crippen molar-refractivity contribution >= 4 is 17.5 Å². The number of anilines is 1. The Morgan fingerprint density at radius 3 is 2.52 bits per heavy atom.